The van der Waals surface area contributed by atoms with Crippen LogP contribution in [0, 0.1) is 0 Å². The van der Waals surface area contributed by atoms with Crippen molar-refractivity contribution in [2.75, 3.05) is 0 Å². The number of nitrogens with zero attached hydrogens (tertiary/aromatic N) is 3. The van der Waals surface area contributed by atoms with E-state index in [4.69, 9.17) is 0 Å². The lowest BCUT2D eigenvalue weighted by Gasteiger charge is -1.78. The minimum absolute atomic E-state index is 0.737. The van der Waals surface area contributed by atoms with E-state index in [1.807, 2.05) is 0 Å². The fraction of sp³-hybridized carbons (Fsp3) is 0. The molecule has 0 radical (unpaired) electrons. The van der Waals surface area contributed by atoms with Gasteiger partial charge in [0.1, 0.15) is 12.0 Å². The Kier molecular flexibility index (Phi) is 1.00. The monoisotopic (exact) mass is 136 g/mol. The SMILES string of the molecule is c1nocc1-c1cn[nH]n1. The van der Waals surface area contributed by atoms with E-state index in [1.54, 1.807) is 12.4 Å². The van der Waals surface area contributed by atoms with E-state index < -0.39 is 0 Å². The lowest BCUT2D eigenvalue weighted by molar-refractivity contribution is 0.420. The van der Waals surface area contributed by atoms with Crippen molar-refractivity contribution in [1.29, 1.82) is 0 Å². The number of hydrogen-bond acceptors (Lipinski definition) is 4. The van der Waals surface area contributed by atoms with Crippen LogP contribution in [0.4, 0.5) is 0 Å². The zero-order chi connectivity index (χ0) is 6.81. The van der Waals surface area contributed by atoms with E-state index in [2.05, 4.69) is 25.1 Å². The van der Waals surface area contributed by atoms with E-state index in [1.165, 1.54) is 6.26 Å². The second-order valence-electron chi connectivity index (χ2n) is 1.77. The van der Waals surface area contributed by atoms with Crippen molar-refractivity contribution < 1.29 is 4.52 Å². The van der Waals surface area contributed by atoms with Crippen LogP contribution in [0.5, 0.6) is 0 Å². The quantitative estimate of drug-likeness (QED) is 0.618. The van der Waals surface area contributed by atoms with Crippen molar-refractivity contribution in [3.8, 4) is 11.3 Å². The molecule has 0 atom stereocenters. The Labute approximate surface area is 56.0 Å². The van der Waals surface area contributed by atoms with Gasteiger partial charge in [0.05, 0.1) is 18.0 Å². The highest BCUT2D eigenvalue weighted by Crippen LogP contribution is 2.12. The van der Waals surface area contributed by atoms with Gasteiger partial charge in [0, 0.05) is 0 Å². The molecule has 0 aliphatic rings. The molecule has 2 aromatic rings. The van der Waals surface area contributed by atoms with Crippen LogP contribution in [0.25, 0.3) is 11.3 Å². The first-order chi connectivity index (χ1) is 4.97. The van der Waals surface area contributed by atoms with Crippen LogP contribution in [0.15, 0.2) is 23.2 Å². The van der Waals surface area contributed by atoms with E-state index in [0.29, 0.717) is 0 Å². The van der Waals surface area contributed by atoms with Crippen LogP contribution in [0.2, 0.25) is 0 Å². The molecule has 0 aliphatic heterocycles. The first kappa shape index (κ1) is 5.16. The van der Waals surface area contributed by atoms with Crippen LogP contribution in [-0.2, 0) is 0 Å². The largest absolute Gasteiger partial charge is 0.364 e. The maximum absolute atomic E-state index is 4.61. The van der Waals surface area contributed by atoms with Gasteiger partial charge in [-0.2, -0.15) is 15.4 Å². The normalized spacial score (nSPS) is 10.0. The van der Waals surface area contributed by atoms with E-state index in [-0.39, 0.29) is 0 Å². The lowest BCUT2D eigenvalue weighted by atomic mass is 10.3. The van der Waals surface area contributed by atoms with Crippen molar-refractivity contribution in [3.63, 3.8) is 0 Å². The third kappa shape index (κ3) is 0.680. The predicted molar refractivity (Wildman–Crippen MR) is 31.9 cm³/mol. The highest BCUT2D eigenvalue weighted by molar-refractivity contribution is 5.53. The summed E-state index contributed by atoms with van der Waals surface area (Å²) >= 11 is 0. The third-order valence-electron chi connectivity index (χ3n) is 1.14. The Morgan fingerprint density at radius 1 is 1.40 bits per heavy atom. The number of aromatic amines is 1. The van der Waals surface area contributed by atoms with Crippen molar-refractivity contribution in [1.82, 2.24) is 20.6 Å². The summed E-state index contributed by atoms with van der Waals surface area (Å²) < 4.78 is 4.61. The minimum atomic E-state index is 0.737. The smallest absolute Gasteiger partial charge is 0.133 e. The molecule has 1 N–H and O–H groups in total. The highest BCUT2D eigenvalue weighted by Gasteiger charge is 2.00. The van der Waals surface area contributed by atoms with Crippen molar-refractivity contribution in [3.05, 3.63) is 18.7 Å². The first-order valence-corrected chi connectivity index (χ1v) is 2.72. The molecule has 0 unspecified atom stereocenters. The molecule has 0 spiro atoms. The van der Waals surface area contributed by atoms with Crippen LogP contribution in [-0.4, -0.2) is 20.6 Å². The van der Waals surface area contributed by atoms with Gasteiger partial charge in [-0.15, -0.1) is 0 Å². The van der Waals surface area contributed by atoms with Gasteiger partial charge in [-0.3, -0.25) is 0 Å². The molecule has 0 bridgehead atoms. The average Bonchev–Trinajstić information content (AvgIpc) is 2.59. The lowest BCUT2D eigenvalue weighted by Crippen LogP contribution is -1.71. The highest BCUT2D eigenvalue weighted by atomic mass is 16.5. The van der Waals surface area contributed by atoms with Crippen molar-refractivity contribution in [2.45, 2.75) is 0 Å². The molecule has 0 saturated carbocycles. The summed E-state index contributed by atoms with van der Waals surface area (Å²) in [5, 5.41) is 13.5. The van der Waals surface area contributed by atoms with Crippen molar-refractivity contribution >= 4 is 0 Å². The number of H-pyrrole nitrogens is 1. The van der Waals surface area contributed by atoms with Crippen LogP contribution in [0.1, 0.15) is 0 Å². The molecule has 5 heteroatoms. The van der Waals surface area contributed by atoms with Gasteiger partial charge in [0.2, 0.25) is 0 Å². The average molecular weight is 136 g/mol. The predicted octanol–water partition coefficient (Wildman–Crippen LogP) is 0.460. The molecule has 0 saturated heterocycles. The van der Waals surface area contributed by atoms with Gasteiger partial charge in [-0.1, -0.05) is 5.16 Å². The molecule has 5 nitrogen and oxygen atoms in total. The Hall–Kier alpha value is -1.65. The van der Waals surface area contributed by atoms with Crippen LogP contribution >= 0.6 is 0 Å². The first-order valence-electron chi connectivity index (χ1n) is 2.72. The minimum Gasteiger partial charge on any atom is -0.364 e. The Morgan fingerprint density at radius 3 is 3.00 bits per heavy atom. The molecule has 2 aromatic heterocycles. The Balaban J connectivity index is 2.48. The fourth-order valence-electron chi connectivity index (χ4n) is 0.672. The molecule has 2 rings (SSSR count). The van der Waals surface area contributed by atoms with Crippen molar-refractivity contribution in [2.24, 2.45) is 0 Å². The van der Waals surface area contributed by atoms with Gasteiger partial charge in [-0.05, 0) is 0 Å². The Morgan fingerprint density at radius 2 is 2.40 bits per heavy atom. The maximum Gasteiger partial charge on any atom is 0.133 e. The summed E-state index contributed by atoms with van der Waals surface area (Å²) in [6.45, 7) is 0. The fourth-order valence-corrected chi connectivity index (χ4v) is 0.672. The third-order valence-corrected chi connectivity index (χ3v) is 1.14. The zero-order valence-electron chi connectivity index (χ0n) is 4.98. The maximum atomic E-state index is 4.61. The molecule has 10 heavy (non-hydrogen) atoms. The summed E-state index contributed by atoms with van der Waals surface area (Å²) in [5.74, 6) is 0. The van der Waals surface area contributed by atoms with Gasteiger partial charge in [0.15, 0.2) is 0 Å². The molecule has 0 fully saturated rings. The van der Waals surface area contributed by atoms with Gasteiger partial charge in [-0.25, -0.2) is 0 Å². The zero-order valence-corrected chi connectivity index (χ0v) is 4.98. The standard InChI is InChI=1S/C5H4N4O/c1-4(3-10-7-1)5-2-6-9-8-5/h1-3H,(H,6,8,9). The van der Waals surface area contributed by atoms with E-state index >= 15 is 0 Å². The van der Waals surface area contributed by atoms with Crippen LogP contribution < -0.4 is 0 Å². The molecule has 0 aliphatic carbocycles. The van der Waals surface area contributed by atoms with E-state index in [9.17, 15) is 0 Å². The summed E-state index contributed by atoms with van der Waals surface area (Å²) in [7, 11) is 0. The number of rotatable bonds is 1. The summed E-state index contributed by atoms with van der Waals surface area (Å²) in [6, 6.07) is 0. The number of aromatic nitrogens is 4. The molecular formula is C5H4N4O. The molecule has 50 valence electrons. The van der Waals surface area contributed by atoms with Gasteiger partial charge < -0.3 is 4.52 Å². The Bertz CT molecular complexity index is 253. The molecule has 0 amide bonds. The molecular weight excluding hydrogens is 132 g/mol. The van der Waals surface area contributed by atoms with Gasteiger partial charge >= 0.3 is 0 Å². The summed E-state index contributed by atoms with van der Waals surface area (Å²) in [5.41, 5.74) is 1.56. The topological polar surface area (TPSA) is 67.6 Å². The number of hydrogen-bond donors (Lipinski definition) is 1. The van der Waals surface area contributed by atoms with Gasteiger partial charge in [0.25, 0.3) is 0 Å². The second-order valence-corrected chi connectivity index (χ2v) is 1.77. The summed E-state index contributed by atoms with van der Waals surface area (Å²) in [4.78, 5) is 0. The number of nitrogens with one attached hydrogen (secondary N) is 1. The molecule has 0 aromatic carbocycles. The molecule has 2 heterocycles. The second kappa shape index (κ2) is 1.94. The van der Waals surface area contributed by atoms with Crippen LogP contribution in [0.3, 0.4) is 0 Å². The summed E-state index contributed by atoms with van der Waals surface area (Å²) in [6.07, 6.45) is 4.70. The van der Waals surface area contributed by atoms with E-state index in [0.717, 1.165) is 11.3 Å².